The number of hydrogen-bond acceptors (Lipinski definition) is 2. The molecule has 0 radical (unpaired) electrons. The SMILES string of the molecule is CCNC(C(C)CCOC)C1CCCc2ccccc21. The first-order valence-corrected chi connectivity index (χ1v) is 8.08. The van der Waals surface area contributed by atoms with Gasteiger partial charge in [-0.05, 0) is 55.2 Å². The number of benzene rings is 1. The number of aryl methyl sites for hydroxylation is 1. The summed E-state index contributed by atoms with van der Waals surface area (Å²) in [7, 11) is 1.80. The molecular formula is C18H29NO. The average Bonchev–Trinajstić information content (AvgIpc) is 2.50. The van der Waals surface area contributed by atoms with E-state index < -0.39 is 0 Å². The van der Waals surface area contributed by atoms with Gasteiger partial charge in [0, 0.05) is 19.8 Å². The lowest BCUT2D eigenvalue weighted by Gasteiger charge is -2.36. The summed E-state index contributed by atoms with van der Waals surface area (Å²) in [5.41, 5.74) is 3.14. The average molecular weight is 275 g/mol. The van der Waals surface area contributed by atoms with Crippen molar-refractivity contribution >= 4 is 0 Å². The maximum absolute atomic E-state index is 5.27. The molecular weight excluding hydrogens is 246 g/mol. The van der Waals surface area contributed by atoms with Crippen molar-refractivity contribution in [2.24, 2.45) is 5.92 Å². The van der Waals surface area contributed by atoms with Gasteiger partial charge in [-0.3, -0.25) is 0 Å². The lowest BCUT2D eigenvalue weighted by molar-refractivity contribution is 0.164. The molecule has 2 heteroatoms. The van der Waals surface area contributed by atoms with Crippen LogP contribution in [0.25, 0.3) is 0 Å². The lowest BCUT2D eigenvalue weighted by Crippen LogP contribution is -2.41. The Morgan fingerprint density at radius 1 is 1.35 bits per heavy atom. The number of hydrogen-bond donors (Lipinski definition) is 1. The maximum Gasteiger partial charge on any atom is 0.0465 e. The van der Waals surface area contributed by atoms with E-state index in [4.69, 9.17) is 4.74 Å². The van der Waals surface area contributed by atoms with Crippen LogP contribution in [0.4, 0.5) is 0 Å². The van der Waals surface area contributed by atoms with Gasteiger partial charge < -0.3 is 10.1 Å². The zero-order chi connectivity index (χ0) is 14.4. The van der Waals surface area contributed by atoms with Gasteiger partial charge in [0.05, 0.1) is 0 Å². The van der Waals surface area contributed by atoms with Crippen LogP contribution in [0.3, 0.4) is 0 Å². The summed E-state index contributed by atoms with van der Waals surface area (Å²) in [6, 6.07) is 9.59. The van der Waals surface area contributed by atoms with Crippen molar-refractivity contribution in [2.45, 2.75) is 51.5 Å². The second-order valence-corrected chi connectivity index (χ2v) is 6.04. The molecule has 1 N–H and O–H groups in total. The van der Waals surface area contributed by atoms with E-state index >= 15 is 0 Å². The molecule has 0 saturated carbocycles. The molecule has 0 bridgehead atoms. The molecule has 0 spiro atoms. The van der Waals surface area contributed by atoms with Crippen molar-refractivity contribution in [1.82, 2.24) is 5.32 Å². The molecule has 1 aromatic rings. The maximum atomic E-state index is 5.27. The number of nitrogens with one attached hydrogen (secondary N) is 1. The Morgan fingerprint density at radius 3 is 2.90 bits per heavy atom. The van der Waals surface area contributed by atoms with Crippen molar-refractivity contribution in [1.29, 1.82) is 0 Å². The summed E-state index contributed by atoms with van der Waals surface area (Å²) in [6.45, 7) is 6.48. The molecule has 2 nitrogen and oxygen atoms in total. The zero-order valence-corrected chi connectivity index (χ0v) is 13.2. The van der Waals surface area contributed by atoms with Gasteiger partial charge in [-0.2, -0.15) is 0 Å². The number of ether oxygens (including phenoxy) is 1. The van der Waals surface area contributed by atoms with Gasteiger partial charge in [0.15, 0.2) is 0 Å². The molecule has 0 amide bonds. The summed E-state index contributed by atoms with van der Waals surface area (Å²) in [6.07, 6.45) is 5.01. The van der Waals surface area contributed by atoms with E-state index in [0.29, 0.717) is 17.9 Å². The fourth-order valence-electron chi connectivity index (χ4n) is 3.62. The molecule has 0 heterocycles. The highest BCUT2D eigenvalue weighted by Gasteiger charge is 2.30. The Balaban J connectivity index is 2.17. The van der Waals surface area contributed by atoms with Crippen LogP contribution in [0.15, 0.2) is 24.3 Å². The molecule has 0 fully saturated rings. The third-order valence-electron chi connectivity index (χ3n) is 4.68. The molecule has 2 rings (SSSR count). The van der Waals surface area contributed by atoms with Crippen molar-refractivity contribution in [3.63, 3.8) is 0 Å². The minimum absolute atomic E-state index is 0.566. The van der Waals surface area contributed by atoms with E-state index in [1.807, 2.05) is 0 Å². The predicted octanol–water partition coefficient (Wildman–Crippen LogP) is 3.76. The first kappa shape index (κ1) is 15.5. The molecule has 3 atom stereocenters. The van der Waals surface area contributed by atoms with Crippen LogP contribution in [0, 0.1) is 5.92 Å². The minimum atomic E-state index is 0.566. The minimum Gasteiger partial charge on any atom is -0.385 e. The van der Waals surface area contributed by atoms with Gasteiger partial charge in [0.2, 0.25) is 0 Å². The highest BCUT2D eigenvalue weighted by molar-refractivity contribution is 5.33. The van der Waals surface area contributed by atoms with E-state index in [1.165, 1.54) is 19.3 Å². The van der Waals surface area contributed by atoms with Gasteiger partial charge >= 0.3 is 0 Å². The van der Waals surface area contributed by atoms with Gasteiger partial charge in [-0.15, -0.1) is 0 Å². The van der Waals surface area contributed by atoms with Crippen LogP contribution in [0.5, 0.6) is 0 Å². The van der Waals surface area contributed by atoms with Crippen LogP contribution in [-0.4, -0.2) is 26.3 Å². The first-order chi connectivity index (χ1) is 9.77. The van der Waals surface area contributed by atoms with E-state index in [2.05, 4.69) is 43.4 Å². The van der Waals surface area contributed by atoms with Crippen LogP contribution < -0.4 is 5.32 Å². The highest BCUT2D eigenvalue weighted by atomic mass is 16.5. The second kappa shape index (κ2) is 7.80. The Hall–Kier alpha value is -0.860. The highest BCUT2D eigenvalue weighted by Crippen LogP contribution is 2.36. The molecule has 1 aromatic carbocycles. The number of likely N-dealkylation sites (N-methyl/N-ethyl adjacent to an activating group) is 1. The first-order valence-electron chi connectivity index (χ1n) is 8.08. The molecule has 112 valence electrons. The number of fused-ring (bicyclic) bond motifs is 1. The van der Waals surface area contributed by atoms with E-state index in [1.54, 1.807) is 18.2 Å². The number of rotatable bonds is 7. The van der Waals surface area contributed by atoms with Gasteiger partial charge in [0.25, 0.3) is 0 Å². The second-order valence-electron chi connectivity index (χ2n) is 6.04. The zero-order valence-electron chi connectivity index (χ0n) is 13.2. The summed E-state index contributed by atoms with van der Waals surface area (Å²) >= 11 is 0. The van der Waals surface area contributed by atoms with Gasteiger partial charge in [-0.25, -0.2) is 0 Å². The van der Waals surface area contributed by atoms with E-state index in [0.717, 1.165) is 19.6 Å². The monoisotopic (exact) mass is 275 g/mol. The van der Waals surface area contributed by atoms with Crippen LogP contribution in [-0.2, 0) is 11.2 Å². The van der Waals surface area contributed by atoms with Gasteiger partial charge in [0.1, 0.15) is 0 Å². The molecule has 0 aliphatic heterocycles. The smallest absolute Gasteiger partial charge is 0.0465 e. The summed E-state index contributed by atoms with van der Waals surface area (Å²) < 4.78 is 5.27. The molecule has 1 aliphatic rings. The largest absolute Gasteiger partial charge is 0.385 e. The third-order valence-corrected chi connectivity index (χ3v) is 4.68. The van der Waals surface area contributed by atoms with E-state index in [9.17, 15) is 0 Å². The topological polar surface area (TPSA) is 21.3 Å². The van der Waals surface area contributed by atoms with Crippen LogP contribution in [0.2, 0.25) is 0 Å². The van der Waals surface area contributed by atoms with Gasteiger partial charge in [-0.1, -0.05) is 38.1 Å². The van der Waals surface area contributed by atoms with Crippen molar-refractivity contribution in [3.8, 4) is 0 Å². The third kappa shape index (κ3) is 3.62. The Kier molecular flexibility index (Phi) is 6.06. The van der Waals surface area contributed by atoms with Crippen LogP contribution in [0.1, 0.15) is 50.2 Å². The molecule has 3 unspecified atom stereocenters. The summed E-state index contributed by atoms with van der Waals surface area (Å²) in [5, 5.41) is 3.75. The number of methoxy groups -OCH3 is 1. The standard InChI is InChI=1S/C18H29NO/c1-4-19-18(14(2)12-13-20-3)17-11-7-9-15-8-5-6-10-16(15)17/h5-6,8,10,14,17-19H,4,7,9,11-13H2,1-3H3. The molecule has 20 heavy (non-hydrogen) atoms. The Labute approximate surface area is 123 Å². The summed E-state index contributed by atoms with van der Waals surface area (Å²) in [4.78, 5) is 0. The van der Waals surface area contributed by atoms with Crippen LogP contribution >= 0.6 is 0 Å². The Bertz CT molecular complexity index is 404. The Morgan fingerprint density at radius 2 is 2.15 bits per heavy atom. The summed E-state index contributed by atoms with van der Waals surface area (Å²) in [5.74, 6) is 1.30. The van der Waals surface area contributed by atoms with Crippen molar-refractivity contribution in [2.75, 3.05) is 20.3 Å². The normalized spacial score (nSPS) is 21.2. The quantitative estimate of drug-likeness (QED) is 0.818. The van der Waals surface area contributed by atoms with Crippen molar-refractivity contribution < 1.29 is 4.74 Å². The predicted molar refractivity (Wildman–Crippen MR) is 85.2 cm³/mol. The van der Waals surface area contributed by atoms with E-state index in [-0.39, 0.29) is 0 Å². The molecule has 0 aromatic heterocycles. The van der Waals surface area contributed by atoms with Crippen molar-refractivity contribution in [3.05, 3.63) is 35.4 Å². The fraction of sp³-hybridized carbons (Fsp3) is 0.667. The fourth-order valence-corrected chi connectivity index (χ4v) is 3.62. The molecule has 0 saturated heterocycles. The molecule has 1 aliphatic carbocycles. The lowest BCUT2D eigenvalue weighted by atomic mass is 9.74.